The molecule has 2 saturated heterocycles. The Morgan fingerprint density at radius 3 is 2.94 bits per heavy atom. The number of hydrogen-bond donors (Lipinski definition) is 2. The van der Waals surface area contributed by atoms with Crippen molar-refractivity contribution in [2.24, 2.45) is 0 Å². The van der Waals surface area contributed by atoms with E-state index in [0.717, 1.165) is 69.2 Å². The van der Waals surface area contributed by atoms with Gasteiger partial charge in [0.15, 0.2) is 5.65 Å². The Bertz CT molecular complexity index is 926. The third kappa shape index (κ3) is 4.51. The van der Waals surface area contributed by atoms with Crippen molar-refractivity contribution in [1.82, 2.24) is 24.5 Å². The van der Waals surface area contributed by atoms with E-state index < -0.39 is 0 Å². The van der Waals surface area contributed by atoms with E-state index in [2.05, 4.69) is 28.8 Å². The Morgan fingerprint density at radius 1 is 1.29 bits per heavy atom. The Hall–Kier alpha value is -2.68. The van der Waals surface area contributed by atoms with Crippen molar-refractivity contribution in [2.45, 2.75) is 64.0 Å². The largest absolute Gasteiger partial charge is 0.396 e. The van der Waals surface area contributed by atoms with Crippen molar-refractivity contribution in [3.63, 3.8) is 0 Å². The fourth-order valence-corrected chi connectivity index (χ4v) is 4.70. The van der Waals surface area contributed by atoms with Gasteiger partial charge in [-0.3, -0.25) is 4.79 Å². The van der Waals surface area contributed by atoms with Crippen LogP contribution in [0.4, 0.5) is 11.9 Å². The molecule has 0 spiro atoms. The van der Waals surface area contributed by atoms with Crippen LogP contribution in [0, 0.1) is 0 Å². The van der Waals surface area contributed by atoms with Crippen LogP contribution in [-0.2, 0) is 11.2 Å². The van der Waals surface area contributed by atoms with Crippen molar-refractivity contribution in [2.75, 3.05) is 36.5 Å². The fraction of sp³-hybridized carbons (Fsp3) is 0.636. The number of carbonyl (C=O) groups excluding carboxylic acids is 1. The van der Waals surface area contributed by atoms with Gasteiger partial charge in [0.2, 0.25) is 17.8 Å². The Morgan fingerprint density at radius 2 is 2.16 bits per heavy atom. The van der Waals surface area contributed by atoms with Crippen molar-refractivity contribution in [3.8, 4) is 0 Å². The van der Waals surface area contributed by atoms with Gasteiger partial charge in [-0.25, -0.2) is 0 Å². The topological polar surface area (TPSA) is 98.9 Å². The number of rotatable bonds is 7. The van der Waals surface area contributed by atoms with Crippen molar-refractivity contribution >= 4 is 23.5 Å². The van der Waals surface area contributed by atoms with Crippen LogP contribution >= 0.6 is 0 Å². The van der Waals surface area contributed by atoms with Gasteiger partial charge in [-0.05, 0) is 51.0 Å². The number of hydrogen-bond acceptors (Lipinski definition) is 7. The van der Waals surface area contributed by atoms with Crippen LogP contribution in [0.1, 0.15) is 51.0 Å². The molecule has 2 atom stereocenters. The first-order chi connectivity index (χ1) is 15.1. The zero-order valence-corrected chi connectivity index (χ0v) is 18.3. The first kappa shape index (κ1) is 21.5. The standard InChI is InChI=1S/C22H33N7O2/c1-3-16-14-23-29-20(16)25-21(28-12-6-5-9-18(28)10-13-30)26-22(29)24-17-8-7-11-27(15-17)19(31)4-2/h4,14,17-18,30H,2-3,5-13,15H2,1H3,(H,24,25,26)/t17?,18-/m0/s1. The minimum Gasteiger partial charge on any atom is -0.396 e. The molecule has 0 saturated carbocycles. The molecule has 9 heteroatoms. The molecule has 1 unspecified atom stereocenters. The maximum absolute atomic E-state index is 12.1. The number of aryl methyl sites for hydroxylation is 1. The number of likely N-dealkylation sites (tertiary alicyclic amines) is 1. The molecule has 31 heavy (non-hydrogen) atoms. The van der Waals surface area contributed by atoms with E-state index >= 15 is 0 Å². The predicted octanol–water partition coefficient (Wildman–Crippen LogP) is 2.02. The summed E-state index contributed by atoms with van der Waals surface area (Å²) in [6.45, 7) is 8.14. The second-order valence-corrected chi connectivity index (χ2v) is 8.43. The van der Waals surface area contributed by atoms with Crippen LogP contribution in [0.15, 0.2) is 18.9 Å². The summed E-state index contributed by atoms with van der Waals surface area (Å²) in [7, 11) is 0. The second-order valence-electron chi connectivity index (χ2n) is 8.43. The van der Waals surface area contributed by atoms with Crippen LogP contribution in [0.5, 0.6) is 0 Å². The number of aliphatic hydroxyl groups excluding tert-OH is 1. The molecule has 4 rings (SSSR count). The zero-order valence-electron chi connectivity index (χ0n) is 18.3. The van der Waals surface area contributed by atoms with Gasteiger partial charge in [-0.2, -0.15) is 19.6 Å². The minimum atomic E-state index is -0.0347. The third-order valence-electron chi connectivity index (χ3n) is 6.40. The van der Waals surface area contributed by atoms with Gasteiger partial charge in [0.05, 0.1) is 6.20 Å². The van der Waals surface area contributed by atoms with Crippen LogP contribution in [-0.4, -0.2) is 73.8 Å². The average molecular weight is 428 g/mol. The summed E-state index contributed by atoms with van der Waals surface area (Å²) >= 11 is 0. The summed E-state index contributed by atoms with van der Waals surface area (Å²) in [5.74, 6) is 1.32. The number of amides is 1. The number of nitrogens with one attached hydrogen (secondary N) is 1. The molecule has 4 heterocycles. The van der Waals surface area contributed by atoms with Crippen molar-refractivity contribution in [3.05, 3.63) is 24.4 Å². The van der Waals surface area contributed by atoms with Gasteiger partial charge in [-0.15, -0.1) is 0 Å². The zero-order chi connectivity index (χ0) is 21.8. The molecule has 2 fully saturated rings. The predicted molar refractivity (Wildman–Crippen MR) is 120 cm³/mol. The van der Waals surface area contributed by atoms with Gasteiger partial charge in [0, 0.05) is 43.9 Å². The number of nitrogens with zero attached hydrogens (tertiary/aromatic N) is 6. The lowest BCUT2D eigenvalue weighted by molar-refractivity contribution is -0.127. The normalized spacial score (nSPS) is 22.0. The first-order valence-corrected chi connectivity index (χ1v) is 11.4. The van der Waals surface area contributed by atoms with E-state index in [9.17, 15) is 9.90 Å². The molecule has 0 bridgehead atoms. The number of aromatic nitrogens is 4. The highest BCUT2D eigenvalue weighted by atomic mass is 16.3. The highest BCUT2D eigenvalue weighted by Gasteiger charge is 2.28. The molecule has 2 aromatic rings. The number of carbonyl (C=O) groups is 1. The molecule has 2 aromatic heterocycles. The second kappa shape index (κ2) is 9.64. The smallest absolute Gasteiger partial charge is 0.246 e. The minimum absolute atomic E-state index is 0.0347. The summed E-state index contributed by atoms with van der Waals surface area (Å²) in [6, 6.07) is 0.338. The molecule has 2 N–H and O–H groups in total. The van der Waals surface area contributed by atoms with E-state index in [-0.39, 0.29) is 24.6 Å². The van der Waals surface area contributed by atoms with E-state index in [0.29, 0.717) is 18.4 Å². The fourth-order valence-electron chi connectivity index (χ4n) is 4.70. The van der Waals surface area contributed by atoms with Crippen molar-refractivity contribution < 1.29 is 9.90 Å². The highest BCUT2D eigenvalue weighted by Crippen LogP contribution is 2.27. The van der Waals surface area contributed by atoms with Crippen LogP contribution in [0.25, 0.3) is 5.65 Å². The molecule has 2 aliphatic heterocycles. The summed E-state index contributed by atoms with van der Waals surface area (Å²) < 4.78 is 1.78. The highest BCUT2D eigenvalue weighted by molar-refractivity contribution is 5.87. The molecule has 0 aromatic carbocycles. The van der Waals surface area contributed by atoms with E-state index in [1.807, 2.05) is 11.1 Å². The Kier molecular flexibility index (Phi) is 6.70. The maximum Gasteiger partial charge on any atom is 0.246 e. The average Bonchev–Trinajstić information content (AvgIpc) is 3.22. The maximum atomic E-state index is 12.1. The van der Waals surface area contributed by atoms with E-state index in [4.69, 9.17) is 9.97 Å². The molecular formula is C22H33N7O2. The monoisotopic (exact) mass is 427 g/mol. The number of aliphatic hydroxyl groups is 1. The molecule has 168 valence electrons. The SMILES string of the molecule is C=CC(=O)N1CCCC(Nc2nc(N3CCCC[C@H]3CCO)nc3c(CC)cnn23)C1. The Labute approximate surface area is 183 Å². The van der Waals surface area contributed by atoms with Gasteiger partial charge < -0.3 is 20.2 Å². The number of piperidine rings is 2. The summed E-state index contributed by atoms with van der Waals surface area (Å²) in [5, 5.41) is 17.6. The summed E-state index contributed by atoms with van der Waals surface area (Å²) in [4.78, 5) is 25.9. The number of anilines is 2. The van der Waals surface area contributed by atoms with E-state index in [1.165, 1.54) is 6.08 Å². The quantitative estimate of drug-likeness (QED) is 0.652. The van der Waals surface area contributed by atoms with Gasteiger partial charge >= 0.3 is 0 Å². The Balaban J connectivity index is 1.66. The molecule has 0 aliphatic carbocycles. The van der Waals surface area contributed by atoms with Gasteiger partial charge in [0.1, 0.15) is 0 Å². The third-order valence-corrected chi connectivity index (χ3v) is 6.40. The molecule has 2 aliphatic rings. The number of fused-ring (bicyclic) bond motifs is 1. The van der Waals surface area contributed by atoms with Crippen molar-refractivity contribution in [1.29, 1.82) is 0 Å². The molecule has 9 nitrogen and oxygen atoms in total. The molecule has 1 amide bonds. The first-order valence-electron chi connectivity index (χ1n) is 11.4. The summed E-state index contributed by atoms with van der Waals surface area (Å²) in [6.07, 6.45) is 9.98. The summed E-state index contributed by atoms with van der Waals surface area (Å²) in [5.41, 5.74) is 1.90. The lowest BCUT2D eigenvalue weighted by Crippen LogP contribution is -2.45. The van der Waals surface area contributed by atoms with E-state index in [1.54, 1.807) is 4.52 Å². The molecule has 0 radical (unpaired) electrons. The van der Waals surface area contributed by atoms with Gasteiger partial charge in [0.25, 0.3) is 0 Å². The molecular weight excluding hydrogens is 394 g/mol. The van der Waals surface area contributed by atoms with Gasteiger partial charge in [-0.1, -0.05) is 13.5 Å². The van der Waals surface area contributed by atoms with Crippen LogP contribution in [0.3, 0.4) is 0 Å². The van der Waals surface area contributed by atoms with Crippen LogP contribution < -0.4 is 10.2 Å². The lowest BCUT2D eigenvalue weighted by atomic mass is 10.0. The lowest BCUT2D eigenvalue weighted by Gasteiger charge is -2.36. The van der Waals surface area contributed by atoms with Crippen LogP contribution in [0.2, 0.25) is 0 Å².